The molecule has 0 aromatic heterocycles. The molecule has 19 heavy (non-hydrogen) atoms. The van der Waals surface area contributed by atoms with Crippen molar-refractivity contribution >= 4 is 49.1 Å². The Morgan fingerprint density at radius 1 is 1.16 bits per heavy atom. The number of rotatable bonds is 2. The van der Waals surface area contributed by atoms with Gasteiger partial charge in [0.15, 0.2) is 0 Å². The summed E-state index contributed by atoms with van der Waals surface area (Å²) in [5.41, 5.74) is 6.98. The monoisotopic (exact) mass is 386 g/mol. The predicted molar refractivity (Wildman–Crippen MR) is 80.6 cm³/mol. The highest BCUT2D eigenvalue weighted by atomic mass is 79.9. The minimum absolute atomic E-state index is 0.350. The Morgan fingerprint density at radius 3 is 2.53 bits per heavy atom. The number of anilines is 2. The number of benzene rings is 2. The van der Waals surface area contributed by atoms with Crippen LogP contribution in [0.25, 0.3) is 0 Å². The van der Waals surface area contributed by atoms with Crippen molar-refractivity contribution in [2.24, 2.45) is 0 Å². The van der Waals surface area contributed by atoms with Gasteiger partial charge in [-0.2, -0.15) is 0 Å². The van der Waals surface area contributed by atoms with Gasteiger partial charge in [0.25, 0.3) is 5.91 Å². The third-order valence-corrected chi connectivity index (χ3v) is 3.59. The van der Waals surface area contributed by atoms with Gasteiger partial charge in [0, 0.05) is 14.6 Å². The summed E-state index contributed by atoms with van der Waals surface area (Å²) in [4.78, 5) is 12.1. The standard InChI is InChI=1S/C13H9Br2FN2O/c14-7-1-3-9(11(17)5-7)13(19)18-12-4-2-8(16)6-10(12)15/h1-6H,17H2,(H,18,19). The van der Waals surface area contributed by atoms with E-state index < -0.39 is 0 Å². The minimum Gasteiger partial charge on any atom is -0.398 e. The van der Waals surface area contributed by atoms with Gasteiger partial charge < -0.3 is 11.1 Å². The van der Waals surface area contributed by atoms with E-state index in [9.17, 15) is 9.18 Å². The van der Waals surface area contributed by atoms with Crippen molar-refractivity contribution in [3.8, 4) is 0 Å². The van der Waals surface area contributed by atoms with Crippen LogP contribution in [-0.4, -0.2) is 5.91 Å². The third-order valence-electron chi connectivity index (χ3n) is 2.44. The molecule has 6 heteroatoms. The Morgan fingerprint density at radius 2 is 1.89 bits per heavy atom. The second-order valence-corrected chi connectivity index (χ2v) is 5.58. The van der Waals surface area contributed by atoms with E-state index in [4.69, 9.17) is 5.73 Å². The zero-order chi connectivity index (χ0) is 14.0. The fourth-order valence-corrected chi connectivity index (χ4v) is 2.35. The number of nitrogens with two attached hydrogens (primary N) is 1. The lowest BCUT2D eigenvalue weighted by molar-refractivity contribution is 0.102. The fraction of sp³-hybridized carbons (Fsp3) is 0. The first kappa shape index (κ1) is 14.0. The lowest BCUT2D eigenvalue weighted by Crippen LogP contribution is -2.14. The van der Waals surface area contributed by atoms with Crippen LogP contribution in [0.2, 0.25) is 0 Å². The number of nitrogen functional groups attached to an aromatic ring is 1. The topological polar surface area (TPSA) is 55.1 Å². The summed E-state index contributed by atoms with van der Waals surface area (Å²) in [5, 5.41) is 2.67. The second-order valence-electron chi connectivity index (χ2n) is 3.81. The van der Waals surface area contributed by atoms with Crippen molar-refractivity contribution in [3.63, 3.8) is 0 Å². The van der Waals surface area contributed by atoms with Gasteiger partial charge in [0.2, 0.25) is 0 Å². The van der Waals surface area contributed by atoms with Gasteiger partial charge in [-0.15, -0.1) is 0 Å². The van der Waals surface area contributed by atoms with Gasteiger partial charge in [0.05, 0.1) is 11.3 Å². The Kier molecular flexibility index (Phi) is 4.21. The first-order valence-electron chi connectivity index (χ1n) is 5.29. The maximum atomic E-state index is 12.9. The molecule has 0 aliphatic carbocycles. The molecule has 3 N–H and O–H groups in total. The number of amides is 1. The SMILES string of the molecule is Nc1cc(Br)ccc1C(=O)Nc1ccc(F)cc1Br. The lowest BCUT2D eigenvalue weighted by atomic mass is 10.1. The first-order valence-corrected chi connectivity index (χ1v) is 6.87. The molecule has 0 radical (unpaired) electrons. The van der Waals surface area contributed by atoms with Crippen molar-refractivity contribution in [1.29, 1.82) is 0 Å². The zero-order valence-electron chi connectivity index (χ0n) is 9.58. The molecule has 0 heterocycles. The summed E-state index contributed by atoms with van der Waals surface area (Å²) in [5.74, 6) is -0.731. The molecule has 0 bridgehead atoms. The Hall–Kier alpha value is -1.40. The molecule has 0 fully saturated rings. The van der Waals surface area contributed by atoms with Crippen LogP contribution in [-0.2, 0) is 0 Å². The maximum Gasteiger partial charge on any atom is 0.257 e. The molecule has 0 spiro atoms. The summed E-state index contributed by atoms with van der Waals surface area (Å²) in [7, 11) is 0. The number of hydrogen-bond donors (Lipinski definition) is 2. The zero-order valence-corrected chi connectivity index (χ0v) is 12.8. The smallest absolute Gasteiger partial charge is 0.257 e. The summed E-state index contributed by atoms with van der Waals surface area (Å²) >= 11 is 6.46. The number of halogens is 3. The van der Waals surface area contributed by atoms with Crippen molar-refractivity contribution in [3.05, 3.63) is 56.7 Å². The quantitative estimate of drug-likeness (QED) is 0.759. The predicted octanol–water partition coefficient (Wildman–Crippen LogP) is 4.19. The fourth-order valence-electron chi connectivity index (χ4n) is 1.52. The van der Waals surface area contributed by atoms with Crippen molar-refractivity contribution in [1.82, 2.24) is 0 Å². The highest BCUT2D eigenvalue weighted by Crippen LogP contribution is 2.25. The largest absolute Gasteiger partial charge is 0.398 e. The van der Waals surface area contributed by atoms with Crippen molar-refractivity contribution in [2.75, 3.05) is 11.1 Å². The van der Waals surface area contributed by atoms with Crippen molar-refractivity contribution in [2.45, 2.75) is 0 Å². The Balaban J connectivity index is 2.25. The van der Waals surface area contributed by atoms with Crippen LogP contribution in [0.3, 0.4) is 0 Å². The molecule has 2 rings (SSSR count). The van der Waals surface area contributed by atoms with Gasteiger partial charge in [-0.3, -0.25) is 4.79 Å². The number of hydrogen-bond acceptors (Lipinski definition) is 2. The van der Waals surface area contributed by atoms with Crippen LogP contribution < -0.4 is 11.1 Å². The molecule has 1 amide bonds. The molecular weight excluding hydrogens is 379 g/mol. The van der Waals surface area contributed by atoms with Crippen LogP contribution in [0.15, 0.2) is 45.3 Å². The molecule has 98 valence electrons. The van der Waals surface area contributed by atoms with Crippen LogP contribution in [0.1, 0.15) is 10.4 Å². The van der Waals surface area contributed by atoms with Gasteiger partial charge in [0.1, 0.15) is 5.82 Å². The molecule has 0 saturated heterocycles. The average Bonchev–Trinajstić information content (AvgIpc) is 2.32. The molecule has 2 aromatic carbocycles. The molecule has 0 aliphatic heterocycles. The van der Waals surface area contributed by atoms with E-state index in [1.807, 2.05) is 0 Å². The first-order chi connectivity index (χ1) is 8.97. The maximum absolute atomic E-state index is 12.9. The lowest BCUT2D eigenvalue weighted by Gasteiger charge is -2.09. The minimum atomic E-state index is -0.381. The summed E-state index contributed by atoms with van der Waals surface area (Å²) in [6.45, 7) is 0. The van der Waals surface area contributed by atoms with E-state index in [-0.39, 0.29) is 11.7 Å². The van der Waals surface area contributed by atoms with Crippen LogP contribution in [0, 0.1) is 5.82 Å². The highest BCUT2D eigenvalue weighted by Gasteiger charge is 2.12. The summed E-state index contributed by atoms with van der Waals surface area (Å²) in [6, 6.07) is 9.02. The van der Waals surface area contributed by atoms with E-state index >= 15 is 0 Å². The highest BCUT2D eigenvalue weighted by molar-refractivity contribution is 9.10. The molecule has 2 aromatic rings. The summed E-state index contributed by atoms with van der Waals surface area (Å²) in [6.07, 6.45) is 0. The second kappa shape index (κ2) is 5.71. The van der Waals surface area contributed by atoms with E-state index in [0.717, 1.165) is 4.47 Å². The molecule has 0 atom stereocenters. The summed E-state index contributed by atoms with van der Waals surface area (Å²) < 4.78 is 14.2. The van der Waals surface area contributed by atoms with Gasteiger partial charge in [-0.05, 0) is 52.3 Å². The van der Waals surface area contributed by atoms with Gasteiger partial charge in [-0.1, -0.05) is 15.9 Å². The molecule has 3 nitrogen and oxygen atoms in total. The molecule has 0 aliphatic rings. The Labute approximate surface area is 126 Å². The molecule has 0 saturated carbocycles. The third kappa shape index (κ3) is 3.33. The normalized spacial score (nSPS) is 10.3. The van der Waals surface area contributed by atoms with E-state index in [1.54, 1.807) is 18.2 Å². The number of carbonyl (C=O) groups excluding carboxylic acids is 1. The molecular formula is C13H9Br2FN2O. The van der Waals surface area contributed by atoms with E-state index in [0.29, 0.717) is 21.4 Å². The molecule has 0 unspecified atom stereocenters. The Bertz CT molecular complexity index is 647. The van der Waals surface area contributed by atoms with Gasteiger partial charge in [-0.25, -0.2) is 4.39 Å². The van der Waals surface area contributed by atoms with Crippen LogP contribution in [0.4, 0.5) is 15.8 Å². The average molecular weight is 388 g/mol. The van der Waals surface area contributed by atoms with Crippen LogP contribution >= 0.6 is 31.9 Å². The number of nitrogens with one attached hydrogen (secondary N) is 1. The van der Waals surface area contributed by atoms with Crippen LogP contribution in [0.5, 0.6) is 0 Å². The van der Waals surface area contributed by atoms with Crippen molar-refractivity contribution < 1.29 is 9.18 Å². The van der Waals surface area contributed by atoms with E-state index in [2.05, 4.69) is 37.2 Å². The van der Waals surface area contributed by atoms with Gasteiger partial charge >= 0.3 is 0 Å². The number of carbonyl (C=O) groups is 1. The van der Waals surface area contributed by atoms with E-state index in [1.165, 1.54) is 18.2 Å².